The molecule has 2 atom stereocenters. The first-order valence-electron chi connectivity index (χ1n) is 10.9. The smallest absolute Gasteiger partial charge is 0.187 e. The fourth-order valence-corrected chi connectivity index (χ4v) is 5.61. The molecule has 2 fully saturated rings. The average Bonchev–Trinajstić information content (AvgIpc) is 3.23. The molecule has 0 aromatic carbocycles. The predicted octanol–water partition coefficient (Wildman–Crippen LogP) is 4.20. The van der Waals surface area contributed by atoms with E-state index in [0.29, 0.717) is 5.92 Å². The van der Waals surface area contributed by atoms with Crippen LogP contribution in [-0.4, -0.2) is 64.8 Å². The first-order valence-corrected chi connectivity index (χ1v) is 11.9. The maximum absolute atomic E-state index is 4.94. The third kappa shape index (κ3) is 5.78. The summed E-state index contributed by atoms with van der Waals surface area (Å²) < 4.78 is 0. The van der Waals surface area contributed by atoms with Crippen molar-refractivity contribution in [1.82, 2.24) is 19.8 Å². The Morgan fingerprint density at radius 2 is 1.93 bits per heavy atom. The molecule has 3 aliphatic rings. The summed E-state index contributed by atoms with van der Waals surface area (Å²) in [6.07, 6.45) is 15.9. The van der Waals surface area contributed by atoms with Crippen molar-refractivity contribution >= 4 is 11.8 Å². The molecule has 4 rings (SSSR count). The number of likely N-dealkylation sites (tertiary alicyclic amines) is 2. The largest absolute Gasteiger partial charge is 0.303 e. The van der Waals surface area contributed by atoms with Crippen LogP contribution < -0.4 is 0 Å². The molecule has 0 N–H and O–H groups in total. The summed E-state index contributed by atoms with van der Waals surface area (Å²) in [5, 5.41) is 0.973. The first kappa shape index (κ1) is 19.4. The van der Waals surface area contributed by atoms with E-state index in [1.165, 1.54) is 89.9 Å². The maximum Gasteiger partial charge on any atom is 0.187 e. The number of piperidine rings is 1. The van der Waals surface area contributed by atoms with Crippen LogP contribution in [0.1, 0.15) is 56.6 Å². The first-order chi connectivity index (χ1) is 13.4. The molecule has 0 spiro atoms. The van der Waals surface area contributed by atoms with E-state index in [1.54, 1.807) is 0 Å². The second kappa shape index (κ2) is 10.0. The van der Waals surface area contributed by atoms with E-state index < -0.39 is 0 Å². The number of hydrogen-bond donors (Lipinski definition) is 0. The van der Waals surface area contributed by atoms with Crippen LogP contribution in [-0.2, 0) is 0 Å². The lowest BCUT2D eigenvalue weighted by atomic mass is 9.90. The quantitative estimate of drug-likeness (QED) is 0.398. The Labute approximate surface area is 168 Å². The number of thioether (sulfide) groups is 1. The Bertz CT molecular complexity index is 614. The lowest BCUT2D eigenvalue weighted by molar-refractivity contribution is 0.172. The average molecular weight is 387 g/mol. The van der Waals surface area contributed by atoms with E-state index in [0.717, 1.165) is 16.8 Å². The molecular formula is C22H34N4S. The van der Waals surface area contributed by atoms with Crippen LogP contribution in [0, 0.1) is 5.92 Å². The van der Waals surface area contributed by atoms with Crippen LogP contribution in [0.15, 0.2) is 29.6 Å². The summed E-state index contributed by atoms with van der Waals surface area (Å²) >= 11 is 1.83. The maximum atomic E-state index is 4.94. The van der Waals surface area contributed by atoms with E-state index in [2.05, 4.69) is 33.0 Å². The molecule has 4 nitrogen and oxygen atoms in total. The normalized spacial score (nSPS) is 27.3. The monoisotopic (exact) mass is 386 g/mol. The lowest BCUT2D eigenvalue weighted by Crippen LogP contribution is -2.38. The number of aromatic nitrogens is 2. The number of hydrogen-bond acceptors (Lipinski definition) is 5. The van der Waals surface area contributed by atoms with Gasteiger partial charge in [-0.3, -0.25) is 0 Å². The summed E-state index contributed by atoms with van der Waals surface area (Å²) in [6.45, 7) is 7.43. The molecule has 0 amide bonds. The summed E-state index contributed by atoms with van der Waals surface area (Å²) in [5.74, 6) is 2.55. The van der Waals surface area contributed by atoms with Gasteiger partial charge >= 0.3 is 0 Å². The van der Waals surface area contributed by atoms with Crippen LogP contribution in [0.25, 0.3) is 0 Å². The highest BCUT2D eigenvalue weighted by molar-refractivity contribution is 7.99. The van der Waals surface area contributed by atoms with Crippen molar-refractivity contribution < 1.29 is 0 Å². The lowest BCUT2D eigenvalue weighted by Gasteiger charge is -2.35. The van der Waals surface area contributed by atoms with Gasteiger partial charge < -0.3 is 9.80 Å². The van der Waals surface area contributed by atoms with Crippen molar-refractivity contribution in [3.8, 4) is 0 Å². The Morgan fingerprint density at radius 3 is 2.78 bits per heavy atom. The molecule has 1 aromatic heterocycles. The summed E-state index contributed by atoms with van der Waals surface area (Å²) in [4.78, 5) is 14.7. The van der Waals surface area contributed by atoms with Gasteiger partial charge in [0.1, 0.15) is 0 Å². The van der Waals surface area contributed by atoms with E-state index in [9.17, 15) is 0 Å². The fourth-order valence-electron chi connectivity index (χ4n) is 4.77. The zero-order chi connectivity index (χ0) is 18.3. The molecule has 2 saturated heterocycles. The van der Waals surface area contributed by atoms with Crippen molar-refractivity contribution in [3.05, 3.63) is 30.1 Å². The zero-order valence-electron chi connectivity index (χ0n) is 16.6. The molecule has 1 aliphatic carbocycles. The molecule has 2 unspecified atom stereocenters. The van der Waals surface area contributed by atoms with Gasteiger partial charge in [0.2, 0.25) is 0 Å². The number of allylic oxidation sites excluding steroid dienone is 2. The highest BCUT2D eigenvalue weighted by atomic mass is 32.2. The van der Waals surface area contributed by atoms with Crippen molar-refractivity contribution in [3.63, 3.8) is 0 Å². The van der Waals surface area contributed by atoms with Crippen LogP contribution in [0.4, 0.5) is 0 Å². The van der Waals surface area contributed by atoms with Gasteiger partial charge in [-0.25, -0.2) is 9.97 Å². The third-order valence-corrected chi connectivity index (χ3v) is 7.15. The van der Waals surface area contributed by atoms with Gasteiger partial charge in [-0.2, -0.15) is 0 Å². The molecular weight excluding hydrogens is 352 g/mol. The molecule has 3 heterocycles. The van der Waals surface area contributed by atoms with Crippen molar-refractivity contribution in [2.75, 3.05) is 45.0 Å². The molecule has 0 bridgehead atoms. The van der Waals surface area contributed by atoms with Crippen LogP contribution in [0.3, 0.4) is 0 Å². The van der Waals surface area contributed by atoms with Crippen molar-refractivity contribution in [1.29, 1.82) is 0 Å². The van der Waals surface area contributed by atoms with Crippen LogP contribution in [0.2, 0.25) is 0 Å². The minimum absolute atomic E-state index is 0.582. The van der Waals surface area contributed by atoms with E-state index in [1.807, 2.05) is 18.0 Å². The Hall–Kier alpha value is -0.910. The molecule has 27 heavy (non-hydrogen) atoms. The summed E-state index contributed by atoms with van der Waals surface area (Å²) in [7, 11) is 0. The Kier molecular flexibility index (Phi) is 7.21. The van der Waals surface area contributed by atoms with Gasteiger partial charge in [0.25, 0.3) is 0 Å². The van der Waals surface area contributed by atoms with Gasteiger partial charge in [-0.1, -0.05) is 23.9 Å². The second-order valence-electron chi connectivity index (χ2n) is 8.41. The van der Waals surface area contributed by atoms with Crippen LogP contribution >= 0.6 is 11.8 Å². The SMILES string of the molecule is C1=CCC(CN2CCCC(c3ccnc(SCCN4CCCC4)n3)C2)CC1. The highest BCUT2D eigenvalue weighted by Crippen LogP contribution is 2.29. The van der Waals surface area contributed by atoms with E-state index >= 15 is 0 Å². The second-order valence-corrected chi connectivity index (χ2v) is 9.47. The topological polar surface area (TPSA) is 32.3 Å². The number of rotatable bonds is 7. The fraction of sp³-hybridized carbons (Fsp3) is 0.727. The summed E-state index contributed by atoms with van der Waals surface area (Å²) in [5.41, 5.74) is 1.27. The van der Waals surface area contributed by atoms with Gasteiger partial charge in [-0.15, -0.1) is 0 Å². The van der Waals surface area contributed by atoms with Gasteiger partial charge in [0, 0.05) is 43.2 Å². The molecule has 1 aromatic rings. The molecule has 2 aliphatic heterocycles. The Morgan fingerprint density at radius 1 is 1.04 bits per heavy atom. The van der Waals surface area contributed by atoms with Gasteiger partial charge in [0.05, 0.1) is 0 Å². The zero-order valence-corrected chi connectivity index (χ0v) is 17.4. The Balaban J connectivity index is 1.28. The summed E-state index contributed by atoms with van der Waals surface area (Å²) in [6, 6.07) is 2.15. The highest BCUT2D eigenvalue weighted by Gasteiger charge is 2.25. The van der Waals surface area contributed by atoms with Crippen molar-refractivity contribution in [2.45, 2.75) is 56.0 Å². The molecule has 0 saturated carbocycles. The van der Waals surface area contributed by atoms with E-state index in [4.69, 9.17) is 4.98 Å². The van der Waals surface area contributed by atoms with Gasteiger partial charge in [-0.05, 0) is 76.6 Å². The van der Waals surface area contributed by atoms with Crippen molar-refractivity contribution in [2.24, 2.45) is 5.92 Å². The molecule has 148 valence electrons. The minimum atomic E-state index is 0.582. The number of nitrogens with zero attached hydrogens (tertiary/aromatic N) is 4. The molecule has 5 heteroatoms. The van der Waals surface area contributed by atoms with E-state index in [-0.39, 0.29) is 0 Å². The van der Waals surface area contributed by atoms with Crippen LogP contribution in [0.5, 0.6) is 0 Å². The predicted molar refractivity (Wildman–Crippen MR) is 113 cm³/mol. The third-order valence-electron chi connectivity index (χ3n) is 6.31. The van der Waals surface area contributed by atoms with Gasteiger partial charge in [0.15, 0.2) is 5.16 Å². The minimum Gasteiger partial charge on any atom is -0.303 e. The molecule has 0 radical (unpaired) electrons. The standard InChI is InChI=1S/C22H34N4S/c1-2-7-19(8-3-1)17-26-14-6-9-20(18-26)21-10-11-23-22(24-21)27-16-15-25-12-4-5-13-25/h1-2,10-11,19-20H,3-9,12-18H2.